The molecule has 1 atom stereocenters. The second-order valence-corrected chi connectivity index (χ2v) is 4.47. The SMILES string of the molecule is CCCC(C(=O)NN)N1CCC(CO)CC1. The number of aliphatic hydroxyl groups excluding tert-OH is 1. The molecule has 1 fully saturated rings. The third-order valence-corrected chi connectivity index (χ3v) is 3.36. The first-order valence-corrected chi connectivity index (χ1v) is 6.08. The fraction of sp³-hybridized carbons (Fsp3) is 0.909. The van der Waals surface area contributed by atoms with E-state index >= 15 is 0 Å². The molecule has 0 aromatic carbocycles. The second kappa shape index (κ2) is 6.83. The van der Waals surface area contributed by atoms with Crippen molar-refractivity contribution in [1.29, 1.82) is 0 Å². The highest BCUT2D eigenvalue weighted by Gasteiger charge is 2.28. The van der Waals surface area contributed by atoms with Gasteiger partial charge in [0.25, 0.3) is 5.91 Å². The van der Waals surface area contributed by atoms with Crippen LogP contribution in [-0.2, 0) is 4.79 Å². The van der Waals surface area contributed by atoms with Gasteiger partial charge in [-0.2, -0.15) is 0 Å². The third-order valence-electron chi connectivity index (χ3n) is 3.36. The van der Waals surface area contributed by atoms with E-state index in [-0.39, 0.29) is 18.6 Å². The molecule has 0 radical (unpaired) electrons. The number of amides is 1. The van der Waals surface area contributed by atoms with Crippen LogP contribution in [0.3, 0.4) is 0 Å². The molecule has 4 N–H and O–H groups in total. The summed E-state index contributed by atoms with van der Waals surface area (Å²) in [5.74, 6) is 5.51. The summed E-state index contributed by atoms with van der Waals surface area (Å²) in [6, 6.07) is -0.102. The number of nitrogens with zero attached hydrogens (tertiary/aromatic N) is 1. The Labute approximate surface area is 97.0 Å². The van der Waals surface area contributed by atoms with Crippen molar-refractivity contribution in [1.82, 2.24) is 10.3 Å². The van der Waals surface area contributed by atoms with Crippen molar-refractivity contribution in [3.63, 3.8) is 0 Å². The van der Waals surface area contributed by atoms with E-state index in [1.54, 1.807) is 0 Å². The molecule has 0 aliphatic carbocycles. The minimum absolute atomic E-state index is 0.0932. The number of likely N-dealkylation sites (tertiary alicyclic amines) is 1. The lowest BCUT2D eigenvalue weighted by Crippen LogP contribution is -2.51. The largest absolute Gasteiger partial charge is 0.396 e. The summed E-state index contributed by atoms with van der Waals surface area (Å²) in [7, 11) is 0. The number of hydrogen-bond acceptors (Lipinski definition) is 4. The van der Waals surface area contributed by atoms with Crippen LogP contribution in [0.4, 0.5) is 0 Å². The predicted molar refractivity (Wildman–Crippen MR) is 62.4 cm³/mol. The zero-order valence-corrected chi connectivity index (χ0v) is 9.98. The van der Waals surface area contributed by atoms with Gasteiger partial charge in [0, 0.05) is 6.61 Å². The summed E-state index contributed by atoms with van der Waals surface area (Å²) in [4.78, 5) is 13.8. The van der Waals surface area contributed by atoms with E-state index in [9.17, 15) is 4.79 Å². The maximum atomic E-state index is 11.6. The number of hydrogen-bond donors (Lipinski definition) is 3. The van der Waals surface area contributed by atoms with Gasteiger partial charge in [-0.1, -0.05) is 13.3 Å². The van der Waals surface area contributed by atoms with Gasteiger partial charge in [0.1, 0.15) is 0 Å². The standard InChI is InChI=1S/C11H23N3O2/c1-2-3-10(11(16)13-12)14-6-4-9(8-15)5-7-14/h9-10,15H,2-8,12H2,1H3,(H,13,16). The molecule has 0 aromatic rings. The number of carbonyl (C=O) groups is 1. The summed E-state index contributed by atoms with van der Waals surface area (Å²) in [5.41, 5.74) is 2.24. The van der Waals surface area contributed by atoms with Gasteiger partial charge >= 0.3 is 0 Å². The highest BCUT2D eigenvalue weighted by Crippen LogP contribution is 2.20. The van der Waals surface area contributed by atoms with Crippen LogP contribution in [-0.4, -0.2) is 41.7 Å². The Morgan fingerprint density at radius 2 is 2.19 bits per heavy atom. The molecule has 1 heterocycles. The molecule has 5 nitrogen and oxygen atoms in total. The van der Waals surface area contributed by atoms with Gasteiger partial charge in [-0.25, -0.2) is 5.84 Å². The molecule has 1 saturated heterocycles. The summed E-state index contributed by atoms with van der Waals surface area (Å²) < 4.78 is 0. The highest BCUT2D eigenvalue weighted by molar-refractivity contribution is 5.81. The fourth-order valence-electron chi connectivity index (χ4n) is 2.30. The smallest absolute Gasteiger partial charge is 0.251 e. The molecule has 16 heavy (non-hydrogen) atoms. The summed E-state index contributed by atoms with van der Waals surface area (Å²) >= 11 is 0. The zero-order chi connectivity index (χ0) is 12.0. The average molecular weight is 229 g/mol. The lowest BCUT2D eigenvalue weighted by Gasteiger charge is -2.36. The Balaban J connectivity index is 2.49. The second-order valence-electron chi connectivity index (χ2n) is 4.47. The minimum atomic E-state index is -0.102. The Morgan fingerprint density at radius 1 is 1.56 bits per heavy atom. The molecule has 0 saturated carbocycles. The summed E-state index contributed by atoms with van der Waals surface area (Å²) in [5, 5.41) is 9.06. The van der Waals surface area contributed by atoms with E-state index in [1.165, 1.54) is 0 Å². The molecule has 5 heteroatoms. The van der Waals surface area contributed by atoms with Crippen LogP contribution in [0.1, 0.15) is 32.6 Å². The first-order valence-electron chi connectivity index (χ1n) is 6.08. The van der Waals surface area contributed by atoms with E-state index in [4.69, 9.17) is 10.9 Å². The van der Waals surface area contributed by atoms with Crippen LogP contribution in [0.25, 0.3) is 0 Å². The lowest BCUT2D eigenvalue weighted by molar-refractivity contribution is -0.127. The number of hydrazine groups is 1. The third kappa shape index (κ3) is 3.43. The molecule has 0 spiro atoms. The van der Waals surface area contributed by atoms with Crippen molar-refractivity contribution in [3.05, 3.63) is 0 Å². The van der Waals surface area contributed by atoms with Gasteiger partial charge in [-0.15, -0.1) is 0 Å². The lowest BCUT2D eigenvalue weighted by atomic mass is 9.95. The summed E-state index contributed by atoms with van der Waals surface area (Å²) in [6.45, 7) is 4.08. The van der Waals surface area contributed by atoms with Crippen molar-refractivity contribution >= 4 is 5.91 Å². The van der Waals surface area contributed by atoms with Crippen molar-refractivity contribution in [2.45, 2.75) is 38.6 Å². The van der Waals surface area contributed by atoms with Gasteiger partial charge in [0.15, 0.2) is 0 Å². The van der Waals surface area contributed by atoms with Gasteiger partial charge in [0.05, 0.1) is 6.04 Å². The van der Waals surface area contributed by atoms with Crippen molar-refractivity contribution in [2.75, 3.05) is 19.7 Å². The van der Waals surface area contributed by atoms with Gasteiger partial charge in [-0.3, -0.25) is 15.1 Å². The monoisotopic (exact) mass is 229 g/mol. The van der Waals surface area contributed by atoms with E-state index in [2.05, 4.69) is 17.2 Å². The fourth-order valence-corrected chi connectivity index (χ4v) is 2.30. The number of piperidine rings is 1. The van der Waals surface area contributed by atoms with Crippen LogP contribution in [0.2, 0.25) is 0 Å². The Hall–Kier alpha value is -0.650. The number of aliphatic hydroxyl groups is 1. The number of nitrogens with two attached hydrogens (primary N) is 1. The van der Waals surface area contributed by atoms with Crippen LogP contribution < -0.4 is 11.3 Å². The average Bonchev–Trinajstić information content (AvgIpc) is 2.35. The molecular formula is C11H23N3O2. The quantitative estimate of drug-likeness (QED) is 0.348. The van der Waals surface area contributed by atoms with E-state index in [1.807, 2.05) is 0 Å². The number of carbonyl (C=O) groups excluding carboxylic acids is 1. The molecule has 1 amide bonds. The molecular weight excluding hydrogens is 206 g/mol. The predicted octanol–water partition coefficient (Wildman–Crippen LogP) is -0.151. The number of rotatable bonds is 5. The molecule has 1 rings (SSSR count). The van der Waals surface area contributed by atoms with Crippen LogP contribution in [0, 0.1) is 5.92 Å². The van der Waals surface area contributed by atoms with Gasteiger partial charge in [-0.05, 0) is 38.3 Å². The molecule has 1 aliphatic heterocycles. The normalized spacial score (nSPS) is 20.7. The van der Waals surface area contributed by atoms with Crippen LogP contribution >= 0.6 is 0 Å². The van der Waals surface area contributed by atoms with E-state index in [0.717, 1.165) is 38.8 Å². The first kappa shape index (κ1) is 13.4. The molecule has 0 bridgehead atoms. The van der Waals surface area contributed by atoms with Gasteiger partial charge in [0.2, 0.25) is 0 Å². The van der Waals surface area contributed by atoms with Crippen LogP contribution in [0.5, 0.6) is 0 Å². The molecule has 1 aliphatic rings. The van der Waals surface area contributed by atoms with Crippen molar-refractivity contribution < 1.29 is 9.90 Å². The Morgan fingerprint density at radius 3 is 2.62 bits per heavy atom. The topological polar surface area (TPSA) is 78.6 Å². The first-order chi connectivity index (χ1) is 7.72. The van der Waals surface area contributed by atoms with Crippen LogP contribution in [0.15, 0.2) is 0 Å². The maximum absolute atomic E-state index is 11.6. The van der Waals surface area contributed by atoms with Crippen molar-refractivity contribution in [2.24, 2.45) is 11.8 Å². The highest BCUT2D eigenvalue weighted by atomic mass is 16.3. The van der Waals surface area contributed by atoms with E-state index in [0.29, 0.717) is 5.92 Å². The minimum Gasteiger partial charge on any atom is -0.396 e. The zero-order valence-electron chi connectivity index (χ0n) is 9.98. The number of nitrogens with one attached hydrogen (secondary N) is 1. The van der Waals surface area contributed by atoms with Crippen molar-refractivity contribution in [3.8, 4) is 0 Å². The molecule has 94 valence electrons. The van der Waals surface area contributed by atoms with Gasteiger partial charge < -0.3 is 5.11 Å². The Bertz CT molecular complexity index is 215. The Kier molecular flexibility index (Phi) is 5.73. The maximum Gasteiger partial charge on any atom is 0.251 e. The van der Waals surface area contributed by atoms with E-state index < -0.39 is 0 Å². The molecule has 0 aromatic heterocycles. The molecule has 1 unspecified atom stereocenters. The summed E-state index contributed by atoms with van der Waals surface area (Å²) in [6.07, 6.45) is 3.74.